The monoisotopic (exact) mass is 605 g/mol. The number of nitrogen functional groups attached to an aromatic ring is 1. The molecule has 10 nitrogen and oxygen atoms in total. The first kappa shape index (κ1) is 28.6. The number of nitrogens with two attached hydrogens (primary N) is 1. The Bertz CT molecular complexity index is 1870. The number of hydrogen-bond donors (Lipinski definition) is 2. The molecule has 2 amide bonds. The molecule has 0 spiro atoms. The number of nitrogens with zero attached hydrogens (tertiary/aromatic N) is 5. The average molecular weight is 606 g/mol. The second-order valence-corrected chi connectivity index (χ2v) is 11.5. The molecule has 0 bridgehead atoms. The van der Waals surface area contributed by atoms with E-state index in [1.165, 1.54) is 18.5 Å². The van der Waals surface area contributed by atoms with E-state index in [9.17, 15) is 14.0 Å². The van der Waals surface area contributed by atoms with Crippen molar-refractivity contribution in [3.63, 3.8) is 0 Å². The first-order chi connectivity index (χ1) is 21.9. The molecule has 11 heteroatoms. The maximum Gasteiger partial charge on any atom is 0.234 e. The van der Waals surface area contributed by atoms with Crippen LogP contribution in [0, 0.1) is 5.82 Å². The number of carbonyl (C=O) groups is 2. The Hall–Kier alpha value is -5.16. The molecule has 0 aliphatic carbocycles. The van der Waals surface area contributed by atoms with E-state index in [4.69, 9.17) is 15.6 Å². The van der Waals surface area contributed by atoms with Gasteiger partial charge in [0.1, 0.15) is 35.2 Å². The number of para-hydroxylation sites is 1. The summed E-state index contributed by atoms with van der Waals surface area (Å²) in [4.78, 5) is 35.4. The molecule has 45 heavy (non-hydrogen) atoms. The number of carbonyl (C=O) groups excluding carboxylic acids is 2. The van der Waals surface area contributed by atoms with Gasteiger partial charge in [0.15, 0.2) is 5.65 Å². The summed E-state index contributed by atoms with van der Waals surface area (Å²) in [7, 11) is 0. The molecule has 2 saturated heterocycles. The van der Waals surface area contributed by atoms with Crippen LogP contribution in [0.1, 0.15) is 48.8 Å². The smallest absolute Gasteiger partial charge is 0.234 e. The number of benzene rings is 3. The van der Waals surface area contributed by atoms with Gasteiger partial charge in [0.25, 0.3) is 0 Å². The van der Waals surface area contributed by atoms with Crippen molar-refractivity contribution in [2.75, 3.05) is 18.8 Å². The van der Waals surface area contributed by atoms with Gasteiger partial charge in [-0.15, -0.1) is 0 Å². The topological polar surface area (TPSA) is 128 Å². The summed E-state index contributed by atoms with van der Waals surface area (Å²) < 4.78 is 22.3. The van der Waals surface area contributed by atoms with Crippen LogP contribution in [0.3, 0.4) is 0 Å². The minimum atomic E-state index is -0.464. The zero-order valence-electron chi connectivity index (χ0n) is 24.5. The van der Waals surface area contributed by atoms with Crippen molar-refractivity contribution in [1.29, 1.82) is 0 Å². The SMILES string of the molecule is Nc1ncnc2c1c(-c1ccc(Oc3ccccc3)cc1)nn2C1CCN(Cc2cc(F)ccc2C2CCC(=O)NC2=O)CC1. The zero-order chi connectivity index (χ0) is 30.9. The van der Waals surface area contributed by atoms with Gasteiger partial charge >= 0.3 is 0 Å². The molecule has 4 heterocycles. The van der Waals surface area contributed by atoms with E-state index >= 15 is 0 Å². The van der Waals surface area contributed by atoms with Crippen molar-refractivity contribution in [2.24, 2.45) is 0 Å². The van der Waals surface area contributed by atoms with Gasteiger partial charge in [-0.3, -0.25) is 19.8 Å². The zero-order valence-corrected chi connectivity index (χ0v) is 24.5. The molecule has 228 valence electrons. The third-order valence-electron chi connectivity index (χ3n) is 8.64. The molecule has 1 unspecified atom stereocenters. The Balaban J connectivity index is 1.09. The van der Waals surface area contributed by atoms with Gasteiger partial charge < -0.3 is 10.5 Å². The second kappa shape index (κ2) is 12.1. The Morgan fingerprint density at radius 1 is 0.933 bits per heavy atom. The molecule has 5 aromatic rings. The molecule has 2 aliphatic rings. The van der Waals surface area contributed by atoms with Gasteiger partial charge in [-0.1, -0.05) is 24.3 Å². The van der Waals surface area contributed by atoms with Crippen molar-refractivity contribution < 1.29 is 18.7 Å². The fourth-order valence-corrected chi connectivity index (χ4v) is 6.36. The van der Waals surface area contributed by atoms with E-state index in [-0.39, 0.29) is 30.1 Å². The van der Waals surface area contributed by atoms with E-state index in [0.29, 0.717) is 41.3 Å². The molecule has 7 rings (SSSR count). The third kappa shape index (κ3) is 5.86. The summed E-state index contributed by atoms with van der Waals surface area (Å²) in [5.74, 6) is 0.446. The van der Waals surface area contributed by atoms with Gasteiger partial charge in [-0.25, -0.2) is 19.0 Å². The van der Waals surface area contributed by atoms with Gasteiger partial charge in [0.05, 0.1) is 17.3 Å². The number of halogens is 1. The molecule has 2 aliphatic heterocycles. The molecule has 2 fully saturated rings. The minimum Gasteiger partial charge on any atom is -0.457 e. The molecule has 0 saturated carbocycles. The summed E-state index contributed by atoms with van der Waals surface area (Å²) in [5.41, 5.74) is 10.2. The van der Waals surface area contributed by atoms with Crippen molar-refractivity contribution in [2.45, 2.75) is 44.2 Å². The number of piperidine rings is 2. The number of ether oxygens (including phenoxy) is 1. The number of aromatic nitrogens is 4. The number of hydrogen-bond acceptors (Lipinski definition) is 8. The standard InChI is InChI=1S/C34H32FN7O3/c35-23-8-11-27(28-12-13-29(43)39-34(28)44)22(18-23)19-41-16-14-24(15-17-41)42-33-30(32(36)37-20-38-33)31(40-42)21-6-9-26(10-7-21)45-25-4-2-1-3-5-25/h1-11,18,20,24,28H,12-17,19H2,(H2,36,37,38)(H,39,43,44). The van der Waals surface area contributed by atoms with Crippen LogP contribution in [0.25, 0.3) is 22.3 Å². The number of rotatable bonds is 7. The number of imide groups is 1. The van der Waals surface area contributed by atoms with E-state index < -0.39 is 5.92 Å². The number of amides is 2. The summed E-state index contributed by atoms with van der Waals surface area (Å²) >= 11 is 0. The van der Waals surface area contributed by atoms with Crippen LogP contribution in [0.2, 0.25) is 0 Å². The largest absolute Gasteiger partial charge is 0.457 e. The van der Waals surface area contributed by atoms with Crippen molar-refractivity contribution in [3.8, 4) is 22.8 Å². The van der Waals surface area contributed by atoms with Crippen molar-refractivity contribution in [3.05, 3.63) is 96.1 Å². The van der Waals surface area contributed by atoms with E-state index in [1.54, 1.807) is 6.07 Å². The second-order valence-electron chi connectivity index (χ2n) is 11.5. The molecular weight excluding hydrogens is 573 g/mol. The molecular formula is C34H32FN7O3. The fraction of sp³-hybridized carbons (Fsp3) is 0.265. The van der Waals surface area contributed by atoms with E-state index in [2.05, 4.69) is 20.2 Å². The Labute approximate surface area is 259 Å². The number of likely N-dealkylation sites (tertiary alicyclic amines) is 1. The normalized spacial score (nSPS) is 17.8. The highest BCUT2D eigenvalue weighted by Crippen LogP contribution is 2.36. The summed E-state index contributed by atoms with van der Waals surface area (Å²) in [6.07, 6.45) is 3.76. The number of anilines is 1. The van der Waals surface area contributed by atoms with Crippen LogP contribution in [-0.2, 0) is 16.1 Å². The molecule has 0 radical (unpaired) electrons. The lowest BCUT2D eigenvalue weighted by molar-refractivity contribution is -0.134. The van der Waals surface area contributed by atoms with Crippen LogP contribution in [-0.4, -0.2) is 49.6 Å². The van der Waals surface area contributed by atoms with Crippen LogP contribution in [0.15, 0.2) is 79.1 Å². The third-order valence-corrected chi connectivity index (χ3v) is 8.64. The fourth-order valence-electron chi connectivity index (χ4n) is 6.36. The highest BCUT2D eigenvalue weighted by molar-refractivity contribution is 6.01. The quantitative estimate of drug-likeness (QED) is 0.237. The number of nitrogens with one attached hydrogen (secondary N) is 1. The first-order valence-corrected chi connectivity index (χ1v) is 15.1. The van der Waals surface area contributed by atoms with E-state index in [0.717, 1.165) is 48.4 Å². The van der Waals surface area contributed by atoms with Crippen molar-refractivity contribution in [1.82, 2.24) is 30.0 Å². The Kier molecular flexibility index (Phi) is 7.68. The van der Waals surface area contributed by atoms with Crippen LogP contribution >= 0.6 is 0 Å². The highest BCUT2D eigenvalue weighted by Gasteiger charge is 2.31. The average Bonchev–Trinajstić information content (AvgIpc) is 3.44. The molecule has 1 atom stereocenters. The van der Waals surface area contributed by atoms with Gasteiger partial charge in [0, 0.05) is 31.6 Å². The lowest BCUT2D eigenvalue weighted by atomic mass is 9.87. The van der Waals surface area contributed by atoms with Crippen LogP contribution in [0.5, 0.6) is 11.5 Å². The van der Waals surface area contributed by atoms with Gasteiger partial charge in [0.2, 0.25) is 11.8 Å². The predicted molar refractivity (Wildman–Crippen MR) is 167 cm³/mol. The minimum absolute atomic E-state index is 0.0783. The molecule has 3 N–H and O–H groups in total. The van der Waals surface area contributed by atoms with Crippen LogP contribution in [0.4, 0.5) is 10.2 Å². The predicted octanol–water partition coefficient (Wildman–Crippen LogP) is 5.36. The maximum atomic E-state index is 14.3. The molecule has 3 aromatic carbocycles. The summed E-state index contributed by atoms with van der Waals surface area (Å²) in [6, 6.07) is 22.0. The van der Waals surface area contributed by atoms with Gasteiger partial charge in [-0.2, -0.15) is 5.10 Å². The summed E-state index contributed by atoms with van der Waals surface area (Å²) in [5, 5.41) is 8.16. The Morgan fingerprint density at radius 3 is 2.44 bits per heavy atom. The lowest BCUT2D eigenvalue weighted by Crippen LogP contribution is -2.40. The highest BCUT2D eigenvalue weighted by atomic mass is 19.1. The van der Waals surface area contributed by atoms with Crippen molar-refractivity contribution >= 4 is 28.7 Å². The lowest BCUT2D eigenvalue weighted by Gasteiger charge is -2.33. The summed E-state index contributed by atoms with van der Waals surface area (Å²) in [6.45, 7) is 2.01. The maximum absolute atomic E-state index is 14.3. The van der Waals surface area contributed by atoms with E-state index in [1.807, 2.05) is 59.3 Å². The molecule has 2 aromatic heterocycles. The van der Waals surface area contributed by atoms with Crippen LogP contribution < -0.4 is 15.8 Å². The first-order valence-electron chi connectivity index (χ1n) is 15.1. The van der Waals surface area contributed by atoms with Gasteiger partial charge in [-0.05, 0) is 78.9 Å². The number of fused-ring (bicyclic) bond motifs is 1. The Morgan fingerprint density at radius 2 is 1.69 bits per heavy atom.